The Balaban J connectivity index is 2.56. The number of nitrogens with zero attached hydrogens (tertiary/aromatic N) is 1. The predicted octanol–water partition coefficient (Wildman–Crippen LogP) is 3.51. The first-order valence-corrected chi connectivity index (χ1v) is 8.43. The van der Waals surface area contributed by atoms with E-state index in [1.165, 1.54) is 29.4 Å². The van der Waals surface area contributed by atoms with E-state index in [2.05, 4.69) is 0 Å². The topological polar surface area (TPSA) is 66.8 Å². The number of aliphatic carboxylic acids is 1. The summed E-state index contributed by atoms with van der Waals surface area (Å²) in [7, 11) is 1.47. The largest absolute Gasteiger partial charge is 0.480 e. The van der Waals surface area contributed by atoms with E-state index in [4.69, 9.17) is 9.84 Å². The van der Waals surface area contributed by atoms with Crippen LogP contribution >= 0.6 is 11.3 Å². The van der Waals surface area contributed by atoms with Gasteiger partial charge in [0.2, 0.25) is 0 Å². The van der Waals surface area contributed by atoms with Crippen LogP contribution in [-0.2, 0) is 16.1 Å². The molecule has 1 unspecified atom stereocenters. The lowest BCUT2D eigenvalue weighted by atomic mass is 10.1. The van der Waals surface area contributed by atoms with Crippen LogP contribution in [0.25, 0.3) is 10.1 Å². The Labute approximate surface area is 143 Å². The van der Waals surface area contributed by atoms with Crippen molar-refractivity contribution in [2.45, 2.75) is 32.9 Å². The third-order valence-corrected chi connectivity index (χ3v) is 5.12. The van der Waals surface area contributed by atoms with Crippen molar-refractivity contribution in [2.75, 3.05) is 13.7 Å². The van der Waals surface area contributed by atoms with Gasteiger partial charge in [-0.2, -0.15) is 0 Å². The Kier molecular flexibility index (Phi) is 5.90. The number of carboxylic acids is 1. The quantitative estimate of drug-likeness (QED) is 0.827. The number of rotatable bonds is 7. The standard InChI is InChI=1S/C17H20FNO4S/c1-4-10(2)19(8-14(20)21)17(22)16-11(9-23-3)15-12(18)6-5-7-13(15)24-16/h5-7,10H,4,8-9H2,1-3H3,(H,20,21). The second-order valence-corrected chi connectivity index (χ2v) is 6.59. The monoisotopic (exact) mass is 353 g/mol. The maximum atomic E-state index is 14.2. The van der Waals surface area contributed by atoms with E-state index >= 15 is 0 Å². The summed E-state index contributed by atoms with van der Waals surface area (Å²) in [5.41, 5.74) is 0.472. The van der Waals surface area contributed by atoms with Crippen molar-refractivity contribution < 1.29 is 23.8 Å². The molecular weight excluding hydrogens is 333 g/mol. The minimum absolute atomic E-state index is 0.0867. The first-order valence-electron chi connectivity index (χ1n) is 7.62. The number of carboxylic acid groups (broad SMARTS) is 1. The van der Waals surface area contributed by atoms with Crippen molar-refractivity contribution >= 4 is 33.3 Å². The van der Waals surface area contributed by atoms with E-state index in [1.54, 1.807) is 19.1 Å². The SMILES string of the molecule is CCC(C)N(CC(=O)O)C(=O)c1sc2cccc(F)c2c1COC. The fourth-order valence-corrected chi connectivity index (χ4v) is 3.72. The highest BCUT2D eigenvalue weighted by Crippen LogP contribution is 2.35. The van der Waals surface area contributed by atoms with E-state index in [-0.39, 0.29) is 12.6 Å². The average molecular weight is 353 g/mol. The number of benzene rings is 1. The van der Waals surface area contributed by atoms with Gasteiger partial charge < -0.3 is 14.7 Å². The zero-order chi connectivity index (χ0) is 17.9. The lowest BCUT2D eigenvalue weighted by Gasteiger charge is -2.26. The van der Waals surface area contributed by atoms with Crippen molar-refractivity contribution in [3.05, 3.63) is 34.5 Å². The molecule has 0 saturated carbocycles. The van der Waals surface area contributed by atoms with Gasteiger partial charge in [-0.3, -0.25) is 9.59 Å². The first kappa shape index (κ1) is 18.4. The van der Waals surface area contributed by atoms with Crippen LogP contribution < -0.4 is 0 Å². The number of methoxy groups -OCH3 is 1. The second kappa shape index (κ2) is 7.72. The Hall–Kier alpha value is -1.99. The van der Waals surface area contributed by atoms with E-state index < -0.39 is 24.2 Å². The zero-order valence-electron chi connectivity index (χ0n) is 13.8. The predicted molar refractivity (Wildman–Crippen MR) is 90.9 cm³/mol. The van der Waals surface area contributed by atoms with Gasteiger partial charge in [-0.25, -0.2) is 4.39 Å². The van der Waals surface area contributed by atoms with Crippen LogP contribution in [0, 0.1) is 5.82 Å². The van der Waals surface area contributed by atoms with Crippen LogP contribution in [0.2, 0.25) is 0 Å². The molecule has 24 heavy (non-hydrogen) atoms. The summed E-state index contributed by atoms with van der Waals surface area (Å²) in [5.74, 6) is -1.90. The molecule has 1 atom stereocenters. The molecule has 0 saturated heterocycles. The number of hydrogen-bond acceptors (Lipinski definition) is 4. The van der Waals surface area contributed by atoms with Gasteiger partial charge in [0, 0.05) is 28.8 Å². The van der Waals surface area contributed by atoms with Gasteiger partial charge in [0.05, 0.1) is 11.5 Å². The Morgan fingerprint density at radius 2 is 2.12 bits per heavy atom. The van der Waals surface area contributed by atoms with Crippen LogP contribution in [0.15, 0.2) is 18.2 Å². The van der Waals surface area contributed by atoms with Crippen LogP contribution in [0.4, 0.5) is 4.39 Å². The van der Waals surface area contributed by atoms with Crippen molar-refractivity contribution in [3.63, 3.8) is 0 Å². The Morgan fingerprint density at radius 3 is 2.71 bits per heavy atom. The molecule has 1 aromatic carbocycles. The molecule has 0 aliphatic heterocycles. The van der Waals surface area contributed by atoms with Gasteiger partial charge in [-0.15, -0.1) is 11.3 Å². The number of thiophene rings is 1. The van der Waals surface area contributed by atoms with Crippen molar-refractivity contribution in [1.29, 1.82) is 0 Å². The fraction of sp³-hybridized carbons (Fsp3) is 0.412. The van der Waals surface area contributed by atoms with E-state index in [1.807, 2.05) is 6.92 Å². The molecule has 0 aliphatic carbocycles. The summed E-state index contributed by atoms with van der Waals surface area (Å²) < 4.78 is 20.0. The molecule has 1 aromatic heterocycles. The van der Waals surface area contributed by atoms with Gasteiger partial charge >= 0.3 is 5.97 Å². The number of carbonyl (C=O) groups excluding carboxylic acids is 1. The number of carbonyl (C=O) groups is 2. The molecule has 0 spiro atoms. The summed E-state index contributed by atoms with van der Waals surface area (Å²) in [4.78, 5) is 25.7. The van der Waals surface area contributed by atoms with Gasteiger partial charge in [0.25, 0.3) is 5.91 Å². The van der Waals surface area contributed by atoms with Crippen molar-refractivity contribution in [1.82, 2.24) is 4.90 Å². The van der Waals surface area contributed by atoms with Crippen LogP contribution in [0.3, 0.4) is 0 Å². The molecule has 0 fully saturated rings. The number of halogens is 1. The molecule has 130 valence electrons. The molecule has 7 heteroatoms. The van der Waals surface area contributed by atoms with Crippen molar-refractivity contribution in [3.8, 4) is 0 Å². The summed E-state index contributed by atoms with van der Waals surface area (Å²) in [5, 5.41) is 9.47. The molecule has 1 N–H and O–H groups in total. The van der Waals surface area contributed by atoms with Crippen LogP contribution in [0.5, 0.6) is 0 Å². The molecule has 0 aliphatic rings. The molecule has 2 aromatic rings. The van der Waals surface area contributed by atoms with Gasteiger partial charge in [-0.05, 0) is 25.5 Å². The lowest BCUT2D eigenvalue weighted by Crippen LogP contribution is -2.41. The van der Waals surface area contributed by atoms with Gasteiger partial charge in [0.15, 0.2) is 0 Å². The van der Waals surface area contributed by atoms with E-state index in [0.29, 0.717) is 26.9 Å². The number of amides is 1. The molecule has 1 heterocycles. The molecule has 1 amide bonds. The lowest BCUT2D eigenvalue weighted by molar-refractivity contribution is -0.138. The fourth-order valence-electron chi connectivity index (χ4n) is 2.55. The van der Waals surface area contributed by atoms with E-state index in [9.17, 15) is 14.0 Å². The summed E-state index contributed by atoms with van der Waals surface area (Å²) in [6, 6.07) is 4.43. The van der Waals surface area contributed by atoms with Gasteiger partial charge in [0.1, 0.15) is 12.4 Å². The normalized spacial score (nSPS) is 12.3. The van der Waals surface area contributed by atoms with E-state index in [0.717, 1.165) is 0 Å². The van der Waals surface area contributed by atoms with Crippen LogP contribution in [0.1, 0.15) is 35.5 Å². The molecule has 0 bridgehead atoms. The maximum absolute atomic E-state index is 14.2. The highest BCUT2D eigenvalue weighted by Gasteiger charge is 2.28. The third kappa shape index (κ3) is 3.57. The van der Waals surface area contributed by atoms with Crippen LogP contribution in [-0.4, -0.2) is 41.6 Å². The number of ether oxygens (including phenoxy) is 1. The summed E-state index contributed by atoms with van der Waals surface area (Å²) in [6.45, 7) is 3.37. The third-order valence-electron chi connectivity index (χ3n) is 3.94. The highest BCUT2D eigenvalue weighted by molar-refractivity contribution is 7.21. The number of fused-ring (bicyclic) bond motifs is 1. The Bertz CT molecular complexity index is 758. The maximum Gasteiger partial charge on any atom is 0.323 e. The second-order valence-electron chi connectivity index (χ2n) is 5.54. The summed E-state index contributed by atoms with van der Waals surface area (Å²) in [6.07, 6.45) is 0.623. The molecule has 5 nitrogen and oxygen atoms in total. The molecule has 2 rings (SSSR count). The van der Waals surface area contributed by atoms with Crippen molar-refractivity contribution in [2.24, 2.45) is 0 Å². The Morgan fingerprint density at radius 1 is 1.42 bits per heavy atom. The summed E-state index contributed by atoms with van der Waals surface area (Å²) >= 11 is 1.17. The minimum Gasteiger partial charge on any atom is -0.480 e. The highest BCUT2D eigenvalue weighted by atomic mass is 32.1. The minimum atomic E-state index is -1.08. The number of hydrogen-bond donors (Lipinski definition) is 1. The average Bonchev–Trinajstić information content (AvgIpc) is 2.91. The first-order chi connectivity index (χ1) is 11.4. The zero-order valence-corrected chi connectivity index (χ0v) is 14.7. The molecule has 0 radical (unpaired) electrons. The van der Waals surface area contributed by atoms with Gasteiger partial charge in [-0.1, -0.05) is 13.0 Å². The smallest absolute Gasteiger partial charge is 0.323 e. The molecular formula is C17H20FNO4S.